The normalized spacial score (nSPS) is 11.9. The molecule has 3 rings (SSSR count). The van der Waals surface area contributed by atoms with Crippen LogP contribution >= 0.6 is 0 Å². The Morgan fingerprint density at radius 1 is 1.17 bits per heavy atom. The molecule has 4 nitrogen and oxygen atoms in total. The van der Waals surface area contributed by atoms with E-state index in [-0.39, 0.29) is 5.56 Å². The van der Waals surface area contributed by atoms with Crippen molar-refractivity contribution in [2.24, 2.45) is 0 Å². The van der Waals surface area contributed by atoms with Gasteiger partial charge in [0.25, 0.3) is 5.56 Å². The van der Waals surface area contributed by atoms with Gasteiger partial charge in [0.1, 0.15) is 5.69 Å². The third-order valence-electron chi connectivity index (χ3n) is 4.09. The van der Waals surface area contributed by atoms with Crippen LogP contribution in [0.25, 0.3) is 23.2 Å². The number of hydrogen-bond acceptors (Lipinski definition) is 2. The van der Waals surface area contributed by atoms with Crippen LogP contribution in [0, 0.1) is 13.8 Å². The molecule has 0 fully saturated rings. The molecule has 0 aliphatic carbocycles. The molecular formula is C19H21N3O. The molecule has 118 valence electrons. The van der Waals surface area contributed by atoms with Crippen molar-refractivity contribution >= 4 is 23.2 Å². The molecule has 2 aromatic heterocycles. The first kappa shape index (κ1) is 15.3. The van der Waals surface area contributed by atoms with E-state index in [0.29, 0.717) is 11.7 Å². The van der Waals surface area contributed by atoms with Crippen molar-refractivity contribution in [3.05, 3.63) is 63.3 Å². The second-order valence-corrected chi connectivity index (χ2v) is 6.09. The maximum atomic E-state index is 12.1. The molecule has 0 aliphatic rings. The number of nitrogens with zero attached hydrogens (tertiary/aromatic N) is 2. The minimum absolute atomic E-state index is 0.169. The highest BCUT2D eigenvalue weighted by Gasteiger charge is 2.09. The highest BCUT2D eigenvalue weighted by atomic mass is 16.1. The molecule has 4 heteroatoms. The number of nitrogens with one attached hydrogen (secondary N) is 1. The van der Waals surface area contributed by atoms with E-state index in [0.717, 1.165) is 16.6 Å². The summed E-state index contributed by atoms with van der Waals surface area (Å²) in [5.41, 5.74) is 5.34. The summed E-state index contributed by atoms with van der Waals surface area (Å²) in [7, 11) is 0. The standard InChI is InChI=1S/C19H21N3O/c1-12(2)22-13(3)11-15(14(22)4)9-10-18-19(23)21-17-8-6-5-7-16(17)20-18/h5-12H,1-4H3,(H,21,23)/b10-9+. The molecule has 1 N–H and O–H groups in total. The number of benzene rings is 1. The Kier molecular flexibility index (Phi) is 3.90. The fraction of sp³-hybridized carbons (Fsp3) is 0.263. The Labute approximate surface area is 135 Å². The van der Waals surface area contributed by atoms with E-state index in [4.69, 9.17) is 0 Å². The monoisotopic (exact) mass is 307 g/mol. The lowest BCUT2D eigenvalue weighted by atomic mass is 10.2. The van der Waals surface area contributed by atoms with Crippen molar-refractivity contribution in [1.82, 2.24) is 14.5 Å². The van der Waals surface area contributed by atoms with Crippen LogP contribution in [0.15, 0.2) is 35.1 Å². The van der Waals surface area contributed by atoms with Gasteiger partial charge in [-0.15, -0.1) is 0 Å². The number of H-pyrrole nitrogens is 1. The summed E-state index contributed by atoms with van der Waals surface area (Å²) < 4.78 is 2.29. The number of rotatable bonds is 3. The smallest absolute Gasteiger partial charge is 0.274 e. The van der Waals surface area contributed by atoms with E-state index in [9.17, 15) is 4.79 Å². The van der Waals surface area contributed by atoms with Gasteiger partial charge in [-0.1, -0.05) is 18.2 Å². The van der Waals surface area contributed by atoms with Gasteiger partial charge in [-0.2, -0.15) is 0 Å². The summed E-state index contributed by atoms with van der Waals surface area (Å²) in [5.74, 6) is 0. The van der Waals surface area contributed by atoms with Crippen molar-refractivity contribution in [2.75, 3.05) is 0 Å². The third kappa shape index (κ3) is 2.84. The number of fused-ring (bicyclic) bond motifs is 1. The maximum absolute atomic E-state index is 12.1. The number of para-hydroxylation sites is 2. The Bertz CT molecular complexity index is 945. The molecule has 0 atom stereocenters. The molecule has 1 aromatic carbocycles. The topological polar surface area (TPSA) is 50.7 Å². The maximum Gasteiger partial charge on any atom is 0.274 e. The molecule has 23 heavy (non-hydrogen) atoms. The molecule has 0 aliphatic heterocycles. The Morgan fingerprint density at radius 2 is 1.91 bits per heavy atom. The quantitative estimate of drug-likeness (QED) is 0.792. The second-order valence-electron chi connectivity index (χ2n) is 6.09. The SMILES string of the molecule is Cc1cc(/C=C/c2nc3ccccc3[nH]c2=O)c(C)n1C(C)C. The Hall–Kier alpha value is -2.62. The van der Waals surface area contributed by atoms with Gasteiger partial charge >= 0.3 is 0 Å². The van der Waals surface area contributed by atoms with Crippen LogP contribution in [0.1, 0.15) is 42.5 Å². The van der Waals surface area contributed by atoms with E-state index in [1.807, 2.05) is 30.3 Å². The summed E-state index contributed by atoms with van der Waals surface area (Å²) in [6.45, 7) is 8.54. The Balaban J connectivity index is 2.02. The second kappa shape index (κ2) is 5.88. The van der Waals surface area contributed by atoms with Crippen LogP contribution < -0.4 is 5.56 Å². The average Bonchev–Trinajstić information content (AvgIpc) is 2.79. The molecule has 0 bridgehead atoms. The van der Waals surface area contributed by atoms with E-state index in [1.165, 1.54) is 11.4 Å². The zero-order valence-corrected chi connectivity index (χ0v) is 13.9. The first-order chi connectivity index (χ1) is 11.0. The van der Waals surface area contributed by atoms with E-state index in [1.54, 1.807) is 6.08 Å². The summed E-state index contributed by atoms with van der Waals surface area (Å²) in [4.78, 5) is 19.5. The first-order valence-electron chi connectivity index (χ1n) is 7.83. The molecule has 0 spiro atoms. The third-order valence-corrected chi connectivity index (χ3v) is 4.09. The van der Waals surface area contributed by atoms with Gasteiger partial charge in [-0.3, -0.25) is 4.79 Å². The van der Waals surface area contributed by atoms with Crippen LogP contribution in [-0.2, 0) is 0 Å². The van der Waals surface area contributed by atoms with Crippen molar-refractivity contribution in [1.29, 1.82) is 0 Å². The predicted octanol–water partition coefficient (Wildman–Crippen LogP) is 4.09. The lowest BCUT2D eigenvalue weighted by Gasteiger charge is -2.13. The summed E-state index contributed by atoms with van der Waals surface area (Å²) >= 11 is 0. The molecule has 0 radical (unpaired) electrons. The summed E-state index contributed by atoms with van der Waals surface area (Å²) in [5, 5.41) is 0. The highest BCUT2D eigenvalue weighted by Crippen LogP contribution is 2.21. The zero-order chi connectivity index (χ0) is 16.6. The van der Waals surface area contributed by atoms with Crippen molar-refractivity contribution in [2.45, 2.75) is 33.7 Å². The molecule has 0 saturated heterocycles. The number of hydrogen-bond donors (Lipinski definition) is 1. The van der Waals surface area contributed by atoms with Gasteiger partial charge in [0.15, 0.2) is 0 Å². The van der Waals surface area contributed by atoms with Gasteiger partial charge in [-0.25, -0.2) is 4.98 Å². The van der Waals surface area contributed by atoms with E-state index in [2.05, 4.69) is 48.3 Å². The van der Waals surface area contributed by atoms with Crippen molar-refractivity contribution < 1.29 is 0 Å². The van der Waals surface area contributed by atoms with Gasteiger partial charge in [0.2, 0.25) is 0 Å². The molecule has 0 amide bonds. The fourth-order valence-electron chi connectivity index (χ4n) is 3.09. The lowest BCUT2D eigenvalue weighted by molar-refractivity contribution is 0.574. The van der Waals surface area contributed by atoms with Crippen LogP contribution in [-0.4, -0.2) is 14.5 Å². The van der Waals surface area contributed by atoms with E-state index >= 15 is 0 Å². The minimum atomic E-state index is -0.169. The number of aromatic nitrogens is 3. The van der Waals surface area contributed by atoms with Crippen molar-refractivity contribution in [3.63, 3.8) is 0 Å². The summed E-state index contributed by atoms with van der Waals surface area (Å²) in [6, 6.07) is 10.1. The first-order valence-corrected chi connectivity index (χ1v) is 7.83. The predicted molar refractivity (Wildman–Crippen MR) is 95.6 cm³/mol. The number of aromatic amines is 1. The molecule has 0 unspecified atom stereocenters. The zero-order valence-electron chi connectivity index (χ0n) is 13.9. The molecule has 0 saturated carbocycles. The minimum Gasteiger partial charge on any atom is -0.346 e. The molecule has 3 aromatic rings. The van der Waals surface area contributed by atoms with Crippen LogP contribution in [0.5, 0.6) is 0 Å². The van der Waals surface area contributed by atoms with Gasteiger partial charge < -0.3 is 9.55 Å². The fourth-order valence-corrected chi connectivity index (χ4v) is 3.09. The van der Waals surface area contributed by atoms with Gasteiger partial charge in [0, 0.05) is 17.4 Å². The molecular weight excluding hydrogens is 286 g/mol. The molecule has 2 heterocycles. The van der Waals surface area contributed by atoms with Gasteiger partial charge in [-0.05, 0) is 57.5 Å². The van der Waals surface area contributed by atoms with Gasteiger partial charge in [0.05, 0.1) is 11.0 Å². The van der Waals surface area contributed by atoms with Crippen LogP contribution in [0.4, 0.5) is 0 Å². The largest absolute Gasteiger partial charge is 0.346 e. The highest BCUT2D eigenvalue weighted by molar-refractivity contribution is 5.77. The number of aryl methyl sites for hydroxylation is 1. The Morgan fingerprint density at radius 3 is 2.61 bits per heavy atom. The van der Waals surface area contributed by atoms with Crippen molar-refractivity contribution in [3.8, 4) is 0 Å². The lowest BCUT2D eigenvalue weighted by Crippen LogP contribution is -2.11. The van der Waals surface area contributed by atoms with Crippen LogP contribution in [0.2, 0.25) is 0 Å². The average molecular weight is 307 g/mol. The summed E-state index contributed by atoms with van der Waals surface area (Å²) in [6.07, 6.45) is 3.76. The van der Waals surface area contributed by atoms with E-state index < -0.39 is 0 Å². The van der Waals surface area contributed by atoms with Crippen LogP contribution in [0.3, 0.4) is 0 Å².